The Morgan fingerprint density at radius 1 is 0.698 bits per heavy atom. The molecule has 2 bridgehead atoms. The zero-order chi connectivity index (χ0) is 45.6. The van der Waals surface area contributed by atoms with Crippen molar-refractivity contribution in [2.75, 3.05) is 19.8 Å². The van der Waals surface area contributed by atoms with E-state index in [1.165, 1.54) is 0 Å². The summed E-state index contributed by atoms with van der Waals surface area (Å²) in [4.78, 5) is 0. The van der Waals surface area contributed by atoms with Crippen LogP contribution in [0.4, 0.5) is 0 Å². The fraction of sp³-hybridized carbons (Fsp3) is 0.957. The van der Waals surface area contributed by atoms with Gasteiger partial charge in [-0.3, -0.25) is 0 Å². The van der Waals surface area contributed by atoms with Crippen molar-refractivity contribution >= 4 is 0 Å². The van der Waals surface area contributed by atoms with E-state index >= 15 is 0 Å². The van der Waals surface area contributed by atoms with Crippen LogP contribution >= 0.6 is 0 Å². The van der Waals surface area contributed by atoms with Crippen molar-refractivity contribution in [1.29, 1.82) is 0 Å². The summed E-state index contributed by atoms with van der Waals surface area (Å²) in [5, 5.41) is 98.1. The Balaban J connectivity index is 0.978. The third kappa shape index (κ3) is 6.58. The predicted molar refractivity (Wildman–Crippen MR) is 222 cm³/mol. The largest absolute Gasteiger partial charge is 0.394 e. The van der Waals surface area contributed by atoms with Gasteiger partial charge in [0.2, 0.25) is 0 Å². The average Bonchev–Trinajstić information content (AvgIpc) is 3.54. The van der Waals surface area contributed by atoms with Crippen LogP contribution in [0.1, 0.15) is 100 Å². The van der Waals surface area contributed by atoms with Gasteiger partial charge in [0, 0.05) is 16.7 Å². The fourth-order valence-electron chi connectivity index (χ4n) is 15.8. The van der Waals surface area contributed by atoms with Crippen LogP contribution in [-0.2, 0) is 33.2 Å². The van der Waals surface area contributed by atoms with Crippen LogP contribution in [0.3, 0.4) is 0 Å². The minimum atomic E-state index is -1.78. The second kappa shape index (κ2) is 16.1. The molecule has 0 radical (unpaired) electrons. The minimum Gasteiger partial charge on any atom is -0.394 e. The summed E-state index contributed by atoms with van der Waals surface area (Å²) >= 11 is 0. The van der Waals surface area contributed by atoms with Crippen molar-refractivity contribution in [2.24, 2.45) is 56.7 Å². The van der Waals surface area contributed by atoms with Crippen molar-refractivity contribution < 1.29 is 79.1 Å². The second-order valence-corrected chi connectivity index (χ2v) is 22.9. The third-order valence-corrected chi connectivity index (χ3v) is 19.8. The fourth-order valence-corrected chi connectivity index (χ4v) is 15.8. The number of hydrogen-bond acceptors (Lipinski definition) is 16. The zero-order valence-corrected chi connectivity index (χ0v) is 38.2. The highest BCUT2D eigenvalue weighted by Gasteiger charge is 2.79. The summed E-state index contributed by atoms with van der Waals surface area (Å²) in [6.45, 7) is 17.6. The summed E-state index contributed by atoms with van der Waals surface area (Å²) in [5.74, 6) is 1.64. The topological polar surface area (TPSA) is 247 Å². The van der Waals surface area contributed by atoms with Gasteiger partial charge in [-0.05, 0) is 91.8 Å². The molecule has 4 saturated carbocycles. The number of rotatable bonds is 7. The van der Waals surface area contributed by atoms with Crippen LogP contribution in [0.15, 0.2) is 12.2 Å². The van der Waals surface area contributed by atoms with Crippen molar-refractivity contribution in [2.45, 2.75) is 204 Å². The van der Waals surface area contributed by atoms with Gasteiger partial charge < -0.3 is 79.1 Å². The summed E-state index contributed by atoms with van der Waals surface area (Å²) in [7, 11) is 0. The van der Waals surface area contributed by atoms with E-state index in [4.69, 9.17) is 33.2 Å². The molecule has 0 aromatic rings. The van der Waals surface area contributed by atoms with Crippen LogP contribution in [0.25, 0.3) is 0 Å². The van der Waals surface area contributed by atoms with Gasteiger partial charge in [0.15, 0.2) is 18.9 Å². The molecule has 4 heterocycles. The van der Waals surface area contributed by atoms with Gasteiger partial charge in [-0.15, -0.1) is 0 Å². The van der Waals surface area contributed by atoms with Gasteiger partial charge in [-0.25, -0.2) is 0 Å². The molecule has 8 fully saturated rings. The minimum absolute atomic E-state index is 0.139. The number of allylic oxidation sites excluding steroid dienone is 1. The van der Waals surface area contributed by atoms with Crippen molar-refractivity contribution in [3.63, 3.8) is 0 Å². The standard InChI is InChI=1S/C47H76O16/c1-21-9-15-46-20-58-47(38(46)22(21)2)16-11-27-43(6)13-12-29(42(4,5)26(43)10-14-44(27,7)45(47,8)17-28(46)50)61-40-36(33(54)30(51)23(3)59-40)63-41-37(34(55)32(53)25(18-48)60-41)62-39-35(56)31(52)24(49)19-57-39/h11,16,21-41,48-56H,9-10,12-15,17-20H2,1-8H3/t21-,22+,23-,24-,25-,26+,27-,28-,29+,30+,31+,32-,33+,34+,35-,36-,37-,38-,39+,40+,41+,43+,44-,45?,46+,47+/m1/s1. The number of aliphatic hydroxyl groups excluding tert-OH is 9. The van der Waals surface area contributed by atoms with E-state index in [2.05, 4.69) is 60.6 Å². The van der Waals surface area contributed by atoms with E-state index in [1.807, 2.05) is 0 Å². The molecular weight excluding hydrogens is 821 g/mol. The lowest BCUT2D eigenvalue weighted by Crippen LogP contribution is -2.73. The first-order chi connectivity index (χ1) is 29.5. The zero-order valence-electron chi connectivity index (χ0n) is 38.2. The van der Waals surface area contributed by atoms with E-state index in [0.717, 1.165) is 38.5 Å². The molecule has 0 amide bonds. The molecule has 5 aliphatic carbocycles. The Hall–Kier alpha value is -0.900. The quantitative estimate of drug-likeness (QED) is 0.128. The molecule has 9 N–H and O–H groups in total. The Morgan fingerprint density at radius 3 is 2.06 bits per heavy atom. The SMILES string of the molecule is C[C@H]1[C@H](C)CC[C@]23CO[C@@]4(C=C[C@@H]5[C@@]6(C)CC[C@H](O[C@@H]7O[C@H](C)[C@H](O)[C@H](O)[C@H]7O[C@@H]7O[C@H](CO)[C@@H](O)[C@H](O)[C@H]7O[C@@H]7OC[C@@H](O)[C@H](O)[C@H]7O)C(C)(C)[C@@H]6CC[C@@]5(C)C4(C)C[C@H]2O)[C@H]13. The molecule has 63 heavy (non-hydrogen) atoms. The Morgan fingerprint density at radius 2 is 1.37 bits per heavy atom. The Labute approximate surface area is 371 Å². The van der Waals surface area contributed by atoms with E-state index < -0.39 is 122 Å². The first kappa shape index (κ1) is 47.2. The second-order valence-electron chi connectivity index (χ2n) is 22.9. The Bertz CT molecular complexity index is 1720. The maximum atomic E-state index is 12.2. The number of ether oxygens (including phenoxy) is 7. The van der Waals surface area contributed by atoms with Crippen molar-refractivity contribution in [3.8, 4) is 0 Å². The third-order valence-electron chi connectivity index (χ3n) is 19.8. The molecule has 1 unspecified atom stereocenters. The van der Waals surface area contributed by atoms with Gasteiger partial charge in [-0.2, -0.15) is 0 Å². The molecule has 26 atom stereocenters. The maximum Gasteiger partial charge on any atom is 0.187 e. The predicted octanol–water partition coefficient (Wildman–Crippen LogP) is 1.12. The van der Waals surface area contributed by atoms with Crippen LogP contribution in [0, 0.1) is 56.7 Å². The monoisotopic (exact) mass is 897 g/mol. The van der Waals surface area contributed by atoms with E-state index in [1.54, 1.807) is 6.92 Å². The molecule has 0 aromatic carbocycles. The molecular formula is C47H76O16. The first-order valence-corrected chi connectivity index (χ1v) is 23.8. The maximum absolute atomic E-state index is 12.2. The van der Waals surface area contributed by atoms with E-state index in [-0.39, 0.29) is 39.4 Å². The molecule has 16 nitrogen and oxygen atoms in total. The van der Waals surface area contributed by atoms with Gasteiger partial charge >= 0.3 is 0 Å². The van der Waals surface area contributed by atoms with Crippen molar-refractivity contribution in [3.05, 3.63) is 12.2 Å². The summed E-state index contributed by atoms with van der Waals surface area (Å²) in [6.07, 6.45) is -10.7. The summed E-state index contributed by atoms with van der Waals surface area (Å²) in [5.41, 5.74) is -1.67. The molecule has 4 saturated heterocycles. The van der Waals surface area contributed by atoms with E-state index in [0.29, 0.717) is 24.9 Å². The van der Waals surface area contributed by atoms with Gasteiger partial charge in [0.05, 0.1) is 43.7 Å². The summed E-state index contributed by atoms with van der Waals surface area (Å²) < 4.78 is 44.0. The lowest BCUT2D eigenvalue weighted by atomic mass is 9.31. The first-order valence-electron chi connectivity index (χ1n) is 23.8. The molecule has 9 aliphatic rings. The van der Waals surface area contributed by atoms with Crippen LogP contribution < -0.4 is 0 Å². The van der Waals surface area contributed by atoms with Crippen LogP contribution in [0.5, 0.6) is 0 Å². The number of fused-ring (bicyclic) bond motifs is 4. The number of hydrogen-bond donors (Lipinski definition) is 9. The molecule has 16 heteroatoms. The highest BCUT2D eigenvalue weighted by atomic mass is 16.8. The lowest BCUT2D eigenvalue weighted by Gasteiger charge is -2.73. The molecule has 0 aromatic heterocycles. The van der Waals surface area contributed by atoms with Crippen molar-refractivity contribution in [1.82, 2.24) is 0 Å². The smallest absolute Gasteiger partial charge is 0.187 e. The van der Waals surface area contributed by atoms with Crippen LogP contribution in [0.2, 0.25) is 0 Å². The average molecular weight is 897 g/mol. The Kier molecular flexibility index (Phi) is 12.1. The highest BCUT2D eigenvalue weighted by molar-refractivity contribution is 5.36. The van der Waals surface area contributed by atoms with E-state index in [9.17, 15) is 46.0 Å². The van der Waals surface area contributed by atoms with Gasteiger partial charge in [-0.1, -0.05) is 60.6 Å². The van der Waals surface area contributed by atoms with Gasteiger partial charge in [0.1, 0.15) is 61.0 Å². The summed E-state index contributed by atoms with van der Waals surface area (Å²) in [6, 6.07) is 0. The lowest BCUT2D eigenvalue weighted by molar-refractivity contribution is -0.393. The molecule has 4 aliphatic heterocycles. The number of aliphatic hydroxyl groups is 9. The molecule has 9 rings (SSSR count). The highest BCUT2D eigenvalue weighted by Crippen LogP contribution is 2.79. The molecule has 360 valence electrons. The normalized spacial score (nSPS) is 59.8. The van der Waals surface area contributed by atoms with Gasteiger partial charge in [0.25, 0.3) is 0 Å². The van der Waals surface area contributed by atoms with Crippen LogP contribution in [-0.4, -0.2) is 170 Å². The molecule has 1 spiro atoms.